The molecule has 14 heavy (non-hydrogen) atoms. The topological polar surface area (TPSA) is 3.24 Å². The molecule has 1 aromatic rings. The maximum Gasteiger partial charge on any atom is 0.0642 e. The Morgan fingerprint density at radius 3 is 2.71 bits per heavy atom. The van der Waals surface area contributed by atoms with Crippen molar-refractivity contribution >= 4 is 33.2 Å². The van der Waals surface area contributed by atoms with Crippen LogP contribution < -0.4 is 4.90 Å². The van der Waals surface area contributed by atoms with Crippen molar-refractivity contribution in [2.75, 3.05) is 11.9 Å². The highest BCUT2D eigenvalue weighted by atomic mass is 79.9. The van der Waals surface area contributed by atoms with Crippen LogP contribution in [0.5, 0.6) is 0 Å². The molecule has 0 heterocycles. The van der Waals surface area contributed by atoms with Crippen molar-refractivity contribution in [2.24, 2.45) is 0 Å². The lowest BCUT2D eigenvalue weighted by molar-refractivity contribution is 0.917. The third kappa shape index (κ3) is 2.06. The SMILES string of the molecule is CN(c1ccc(CBr)cc1Cl)C1CC1. The summed E-state index contributed by atoms with van der Waals surface area (Å²) in [5.41, 5.74) is 2.38. The van der Waals surface area contributed by atoms with Gasteiger partial charge in [-0.2, -0.15) is 0 Å². The molecular formula is C11H13BrClN. The highest BCUT2D eigenvalue weighted by Gasteiger charge is 2.27. The molecule has 0 saturated heterocycles. The van der Waals surface area contributed by atoms with E-state index in [0.29, 0.717) is 6.04 Å². The van der Waals surface area contributed by atoms with Crippen molar-refractivity contribution in [1.29, 1.82) is 0 Å². The largest absolute Gasteiger partial charge is 0.370 e. The Morgan fingerprint density at radius 1 is 1.50 bits per heavy atom. The van der Waals surface area contributed by atoms with E-state index in [1.807, 2.05) is 6.07 Å². The molecule has 0 spiro atoms. The molecule has 0 N–H and O–H groups in total. The van der Waals surface area contributed by atoms with Crippen LogP contribution >= 0.6 is 27.5 Å². The Kier molecular flexibility index (Phi) is 3.03. The molecule has 1 aromatic carbocycles. The maximum absolute atomic E-state index is 6.21. The van der Waals surface area contributed by atoms with Gasteiger partial charge in [-0.15, -0.1) is 0 Å². The molecule has 3 heteroatoms. The van der Waals surface area contributed by atoms with Gasteiger partial charge in [0.15, 0.2) is 0 Å². The van der Waals surface area contributed by atoms with Crippen molar-refractivity contribution in [3.63, 3.8) is 0 Å². The lowest BCUT2D eigenvalue weighted by atomic mass is 10.2. The van der Waals surface area contributed by atoms with Gasteiger partial charge in [-0.1, -0.05) is 33.6 Å². The highest BCUT2D eigenvalue weighted by Crippen LogP contribution is 2.34. The van der Waals surface area contributed by atoms with Gasteiger partial charge < -0.3 is 4.90 Å². The van der Waals surface area contributed by atoms with Crippen LogP contribution in [0, 0.1) is 0 Å². The van der Waals surface area contributed by atoms with Crippen LogP contribution in [0.25, 0.3) is 0 Å². The smallest absolute Gasteiger partial charge is 0.0642 e. The molecule has 0 bridgehead atoms. The average molecular weight is 275 g/mol. The van der Waals surface area contributed by atoms with E-state index in [9.17, 15) is 0 Å². The Hall–Kier alpha value is -0.210. The molecule has 0 atom stereocenters. The zero-order chi connectivity index (χ0) is 10.1. The Labute approximate surface area is 98.2 Å². The van der Waals surface area contributed by atoms with Crippen LogP contribution in [0.1, 0.15) is 18.4 Å². The van der Waals surface area contributed by atoms with Gasteiger partial charge in [0.2, 0.25) is 0 Å². The predicted octanol–water partition coefficient (Wildman–Crippen LogP) is 3.83. The van der Waals surface area contributed by atoms with Crippen LogP contribution in [0.2, 0.25) is 5.02 Å². The van der Waals surface area contributed by atoms with Crippen LogP contribution in [-0.2, 0) is 5.33 Å². The normalized spacial score (nSPS) is 15.6. The molecule has 1 saturated carbocycles. The highest BCUT2D eigenvalue weighted by molar-refractivity contribution is 9.08. The molecule has 0 aliphatic heterocycles. The standard InChI is InChI=1S/C11H13BrClN/c1-14(9-3-4-9)11-5-2-8(7-12)6-10(11)13/h2,5-6,9H,3-4,7H2,1H3. The summed E-state index contributed by atoms with van der Waals surface area (Å²) in [6.45, 7) is 0. The molecule has 1 fully saturated rings. The number of hydrogen-bond donors (Lipinski definition) is 0. The van der Waals surface area contributed by atoms with Gasteiger partial charge in [0, 0.05) is 18.4 Å². The van der Waals surface area contributed by atoms with Gasteiger partial charge in [-0.05, 0) is 30.5 Å². The van der Waals surface area contributed by atoms with E-state index in [-0.39, 0.29) is 0 Å². The predicted molar refractivity (Wildman–Crippen MR) is 65.5 cm³/mol. The number of alkyl halides is 1. The number of hydrogen-bond acceptors (Lipinski definition) is 1. The van der Waals surface area contributed by atoms with Crippen LogP contribution in [0.3, 0.4) is 0 Å². The first-order chi connectivity index (χ1) is 6.72. The fourth-order valence-electron chi connectivity index (χ4n) is 1.58. The third-order valence-corrected chi connectivity index (χ3v) is 3.59. The van der Waals surface area contributed by atoms with E-state index >= 15 is 0 Å². The summed E-state index contributed by atoms with van der Waals surface area (Å²) in [4.78, 5) is 2.28. The van der Waals surface area contributed by atoms with Crippen molar-refractivity contribution in [3.8, 4) is 0 Å². The number of rotatable bonds is 3. The number of halogens is 2. The number of benzene rings is 1. The van der Waals surface area contributed by atoms with Crippen LogP contribution in [-0.4, -0.2) is 13.1 Å². The fourth-order valence-corrected chi connectivity index (χ4v) is 2.26. The summed E-state index contributed by atoms with van der Waals surface area (Å²) >= 11 is 9.63. The van der Waals surface area contributed by atoms with Crippen LogP contribution in [0.4, 0.5) is 5.69 Å². The van der Waals surface area contributed by atoms with Gasteiger partial charge in [0.1, 0.15) is 0 Å². The summed E-state index contributed by atoms with van der Waals surface area (Å²) in [6.07, 6.45) is 2.60. The second-order valence-corrected chi connectivity index (χ2v) is 4.73. The summed E-state index contributed by atoms with van der Waals surface area (Å²) in [5, 5.41) is 1.72. The average Bonchev–Trinajstić information content (AvgIpc) is 3.00. The van der Waals surface area contributed by atoms with Gasteiger partial charge in [-0.3, -0.25) is 0 Å². The molecular weight excluding hydrogens is 261 g/mol. The van der Waals surface area contributed by atoms with E-state index in [4.69, 9.17) is 11.6 Å². The summed E-state index contributed by atoms with van der Waals surface area (Å²) in [6, 6.07) is 6.97. The molecule has 1 aliphatic carbocycles. The van der Waals surface area contributed by atoms with Crippen molar-refractivity contribution in [3.05, 3.63) is 28.8 Å². The number of nitrogens with zero attached hydrogens (tertiary/aromatic N) is 1. The second-order valence-electron chi connectivity index (χ2n) is 3.76. The molecule has 0 aromatic heterocycles. The third-order valence-electron chi connectivity index (χ3n) is 2.64. The van der Waals surface area contributed by atoms with Crippen molar-refractivity contribution in [1.82, 2.24) is 0 Å². The summed E-state index contributed by atoms with van der Waals surface area (Å²) < 4.78 is 0. The van der Waals surface area contributed by atoms with Gasteiger partial charge in [-0.25, -0.2) is 0 Å². The molecule has 1 aliphatic rings. The van der Waals surface area contributed by atoms with Crippen LogP contribution in [0.15, 0.2) is 18.2 Å². The van der Waals surface area contributed by atoms with E-state index in [1.54, 1.807) is 0 Å². The Morgan fingerprint density at radius 2 is 2.21 bits per heavy atom. The fraction of sp³-hybridized carbons (Fsp3) is 0.455. The quantitative estimate of drug-likeness (QED) is 0.757. The van der Waals surface area contributed by atoms with E-state index in [2.05, 4.69) is 40.0 Å². The second kappa shape index (κ2) is 4.11. The van der Waals surface area contributed by atoms with Crippen molar-refractivity contribution in [2.45, 2.75) is 24.2 Å². The maximum atomic E-state index is 6.21. The minimum absolute atomic E-state index is 0.710. The lowest BCUT2D eigenvalue weighted by Crippen LogP contribution is -2.19. The molecule has 1 nitrogen and oxygen atoms in total. The van der Waals surface area contributed by atoms with Gasteiger partial charge in [0.25, 0.3) is 0 Å². The first-order valence-corrected chi connectivity index (χ1v) is 6.29. The lowest BCUT2D eigenvalue weighted by Gasteiger charge is -2.20. The molecule has 2 rings (SSSR count). The number of anilines is 1. The van der Waals surface area contributed by atoms with E-state index in [0.717, 1.165) is 16.0 Å². The first-order valence-electron chi connectivity index (χ1n) is 4.79. The zero-order valence-corrected chi connectivity index (χ0v) is 10.5. The molecule has 0 unspecified atom stereocenters. The zero-order valence-electron chi connectivity index (χ0n) is 8.13. The Balaban J connectivity index is 2.24. The molecule has 0 radical (unpaired) electrons. The Bertz CT molecular complexity index is 336. The summed E-state index contributed by atoms with van der Waals surface area (Å²) in [5.74, 6) is 0. The monoisotopic (exact) mass is 273 g/mol. The first kappa shape index (κ1) is 10.3. The van der Waals surface area contributed by atoms with Gasteiger partial charge in [0.05, 0.1) is 10.7 Å². The molecule has 0 amide bonds. The summed E-state index contributed by atoms with van der Waals surface area (Å²) in [7, 11) is 2.12. The van der Waals surface area contributed by atoms with E-state index < -0.39 is 0 Å². The van der Waals surface area contributed by atoms with Crippen molar-refractivity contribution < 1.29 is 0 Å². The van der Waals surface area contributed by atoms with Gasteiger partial charge >= 0.3 is 0 Å². The minimum Gasteiger partial charge on any atom is -0.370 e. The minimum atomic E-state index is 0.710. The van der Waals surface area contributed by atoms with E-state index in [1.165, 1.54) is 18.4 Å². The molecule has 76 valence electrons.